The van der Waals surface area contributed by atoms with Gasteiger partial charge in [-0.05, 0) is 81.3 Å². The Hall–Kier alpha value is -2.77. The van der Waals surface area contributed by atoms with E-state index in [0.29, 0.717) is 5.69 Å². The van der Waals surface area contributed by atoms with Crippen LogP contribution >= 0.6 is 11.8 Å². The van der Waals surface area contributed by atoms with E-state index in [1.165, 1.54) is 11.8 Å². The van der Waals surface area contributed by atoms with Crippen molar-refractivity contribution >= 4 is 39.1 Å². The van der Waals surface area contributed by atoms with Gasteiger partial charge in [0.2, 0.25) is 5.91 Å². The number of hydrogen-bond donors (Lipinski definition) is 2. The molecule has 1 amide bonds. The third-order valence-electron chi connectivity index (χ3n) is 4.98. The summed E-state index contributed by atoms with van der Waals surface area (Å²) in [6.07, 6.45) is 0. The largest absolute Gasteiger partial charge is 0.325 e. The lowest BCUT2D eigenvalue weighted by molar-refractivity contribution is -0.115. The van der Waals surface area contributed by atoms with Crippen LogP contribution in [0, 0.1) is 20.8 Å². The highest BCUT2D eigenvalue weighted by Crippen LogP contribution is 2.27. The first-order valence-corrected chi connectivity index (χ1v) is 12.3. The molecule has 3 aromatic carbocycles. The molecule has 162 valence electrons. The fourth-order valence-corrected chi connectivity index (χ4v) is 4.84. The molecule has 7 heteroatoms. The Morgan fingerprint density at radius 1 is 0.903 bits per heavy atom. The molecule has 2 N–H and O–H groups in total. The number of hydrogen-bond acceptors (Lipinski definition) is 4. The molecule has 3 rings (SSSR count). The standard InChI is InChI=1S/C24H26N2O3S2/c1-16-8-14-22(15-9-16)31(28,29)26-20-10-12-21(13-11-20)30-19(4)24(27)25-23-7-5-6-17(2)18(23)3/h5-15,19,26H,1-4H3,(H,25,27). The second-order valence-electron chi connectivity index (χ2n) is 7.44. The topological polar surface area (TPSA) is 75.3 Å². The van der Waals surface area contributed by atoms with Gasteiger partial charge >= 0.3 is 0 Å². The molecule has 3 aromatic rings. The zero-order chi connectivity index (χ0) is 22.6. The van der Waals surface area contributed by atoms with Crippen LogP contribution in [0.25, 0.3) is 0 Å². The second kappa shape index (κ2) is 9.58. The van der Waals surface area contributed by atoms with Crippen molar-refractivity contribution in [3.8, 4) is 0 Å². The minimum absolute atomic E-state index is 0.0807. The monoisotopic (exact) mass is 454 g/mol. The lowest BCUT2D eigenvalue weighted by Crippen LogP contribution is -2.22. The Morgan fingerprint density at radius 3 is 2.19 bits per heavy atom. The van der Waals surface area contributed by atoms with Gasteiger partial charge in [-0.2, -0.15) is 0 Å². The van der Waals surface area contributed by atoms with Crippen molar-refractivity contribution in [2.45, 2.75) is 42.7 Å². The van der Waals surface area contributed by atoms with Crippen molar-refractivity contribution in [2.24, 2.45) is 0 Å². The molecule has 1 atom stereocenters. The van der Waals surface area contributed by atoms with E-state index < -0.39 is 10.0 Å². The van der Waals surface area contributed by atoms with E-state index in [-0.39, 0.29) is 16.1 Å². The predicted octanol–water partition coefficient (Wildman–Crippen LogP) is 5.53. The first kappa shape index (κ1) is 22.9. The van der Waals surface area contributed by atoms with Crippen LogP contribution in [0.4, 0.5) is 11.4 Å². The molecule has 0 aromatic heterocycles. The van der Waals surface area contributed by atoms with Gasteiger partial charge in [0.25, 0.3) is 10.0 Å². The molecule has 0 spiro atoms. The molecule has 0 heterocycles. The van der Waals surface area contributed by atoms with Crippen LogP contribution in [-0.2, 0) is 14.8 Å². The number of anilines is 2. The molecule has 0 aliphatic rings. The summed E-state index contributed by atoms with van der Waals surface area (Å²) in [5, 5.41) is 2.67. The molecule has 0 fully saturated rings. The molecule has 0 radical (unpaired) electrons. The number of amides is 1. The van der Waals surface area contributed by atoms with Crippen LogP contribution in [0.5, 0.6) is 0 Å². The highest BCUT2D eigenvalue weighted by atomic mass is 32.2. The Balaban J connectivity index is 1.62. The van der Waals surface area contributed by atoms with Crippen molar-refractivity contribution in [2.75, 3.05) is 10.0 Å². The zero-order valence-electron chi connectivity index (χ0n) is 18.0. The van der Waals surface area contributed by atoms with Crippen molar-refractivity contribution < 1.29 is 13.2 Å². The van der Waals surface area contributed by atoms with Crippen LogP contribution in [0.3, 0.4) is 0 Å². The number of sulfonamides is 1. The van der Waals surface area contributed by atoms with Crippen molar-refractivity contribution in [1.82, 2.24) is 0 Å². The summed E-state index contributed by atoms with van der Waals surface area (Å²) in [5.74, 6) is -0.0807. The lowest BCUT2D eigenvalue weighted by Gasteiger charge is -2.15. The van der Waals surface area contributed by atoms with Crippen LogP contribution in [0.1, 0.15) is 23.6 Å². The van der Waals surface area contributed by atoms with Gasteiger partial charge in [-0.25, -0.2) is 8.42 Å². The predicted molar refractivity (Wildman–Crippen MR) is 128 cm³/mol. The van der Waals surface area contributed by atoms with E-state index in [4.69, 9.17) is 0 Å². The van der Waals surface area contributed by atoms with Crippen LogP contribution in [-0.4, -0.2) is 19.6 Å². The maximum Gasteiger partial charge on any atom is 0.261 e. The van der Waals surface area contributed by atoms with Gasteiger partial charge in [-0.15, -0.1) is 11.8 Å². The molecule has 5 nitrogen and oxygen atoms in total. The molecule has 0 aliphatic carbocycles. The lowest BCUT2D eigenvalue weighted by atomic mass is 10.1. The third kappa shape index (κ3) is 5.89. The summed E-state index contributed by atoms with van der Waals surface area (Å²) in [4.78, 5) is 13.7. The summed E-state index contributed by atoms with van der Waals surface area (Å²) in [6.45, 7) is 7.75. The van der Waals surface area contributed by atoms with Gasteiger partial charge in [0, 0.05) is 16.3 Å². The smallest absolute Gasteiger partial charge is 0.261 e. The first-order valence-electron chi connectivity index (χ1n) is 9.89. The summed E-state index contributed by atoms with van der Waals surface area (Å²) in [5.41, 5.74) is 4.46. The minimum atomic E-state index is -3.64. The van der Waals surface area contributed by atoms with Crippen molar-refractivity contribution in [3.05, 3.63) is 83.4 Å². The molecule has 0 saturated heterocycles. The Kier molecular flexibility index (Phi) is 7.08. The van der Waals surface area contributed by atoms with Crippen LogP contribution < -0.4 is 10.0 Å². The van der Waals surface area contributed by atoms with Gasteiger partial charge < -0.3 is 5.32 Å². The van der Waals surface area contributed by atoms with Crippen LogP contribution in [0.2, 0.25) is 0 Å². The maximum atomic E-state index is 12.6. The minimum Gasteiger partial charge on any atom is -0.325 e. The molecule has 31 heavy (non-hydrogen) atoms. The fraction of sp³-hybridized carbons (Fsp3) is 0.208. The number of aryl methyl sites for hydroxylation is 2. The van der Waals surface area contributed by atoms with Gasteiger partial charge in [-0.3, -0.25) is 9.52 Å². The number of thioether (sulfide) groups is 1. The molecular formula is C24H26N2O3S2. The van der Waals surface area contributed by atoms with Crippen molar-refractivity contribution in [1.29, 1.82) is 0 Å². The molecular weight excluding hydrogens is 428 g/mol. The maximum absolute atomic E-state index is 12.6. The Morgan fingerprint density at radius 2 is 1.55 bits per heavy atom. The van der Waals surface area contributed by atoms with E-state index in [9.17, 15) is 13.2 Å². The summed E-state index contributed by atoms with van der Waals surface area (Å²) < 4.78 is 27.6. The highest BCUT2D eigenvalue weighted by Gasteiger charge is 2.17. The number of carbonyl (C=O) groups excluding carboxylic acids is 1. The van der Waals surface area contributed by atoms with Gasteiger partial charge in [0.15, 0.2) is 0 Å². The van der Waals surface area contributed by atoms with Gasteiger partial charge in [0.1, 0.15) is 0 Å². The summed E-state index contributed by atoms with van der Waals surface area (Å²) in [6, 6.07) is 19.5. The van der Waals surface area contributed by atoms with Gasteiger partial charge in [-0.1, -0.05) is 29.8 Å². The number of carbonyl (C=O) groups is 1. The average molecular weight is 455 g/mol. The van der Waals surface area contributed by atoms with E-state index in [2.05, 4.69) is 10.0 Å². The Bertz CT molecular complexity index is 1170. The molecule has 0 aliphatic heterocycles. The zero-order valence-corrected chi connectivity index (χ0v) is 19.6. The quantitative estimate of drug-likeness (QED) is 0.460. The van der Waals surface area contributed by atoms with Crippen molar-refractivity contribution in [3.63, 3.8) is 0 Å². The van der Waals surface area contributed by atoms with E-state index in [0.717, 1.165) is 27.3 Å². The van der Waals surface area contributed by atoms with Crippen LogP contribution in [0.15, 0.2) is 76.5 Å². The molecule has 0 bridgehead atoms. The second-order valence-corrected chi connectivity index (χ2v) is 10.5. The third-order valence-corrected chi connectivity index (χ3v) is 7.49. The SMILES string of the molecule is Cc1ccc(S(=O)(=O)Nc2ccc(SC(C)C(=O)Nc3cccc(C)c3C)cc2)cc1. The number of benzene rings is 3. The first-order chi connectivity index (χ1) is 14.7. The number of nitrogens with one attached hydrogen (secondary N) is 2. The summed E-state index contributed by atoms with van der Waals surface area (Å²) in [7, 11) is -3.64. The highest BCUT2D eigenvalue weighted by molar-refractivity contribution is 8.00. The van der Waals surface area contributed by atoms with E-state index >= 15 is 0 Å². The molecule has 0 saturated carbocycles. The Labute approximate surface area is 188 Å². The fourth-order valence-electron chi connectivity index (χ4n) is 2.91. The van der Waals surface area contributed by atoms with E-state index in [1.54, 1.807) is 48.5 Å². The normalized spacial score (nSPS) is 12.3. The summed E-state index contributed by atoms with van der Waals surface area (Å²) >= 11 is 1.42. The molecule has 1 unspecified atom stereocenters. The number of rotatable bonds is 7. The van der Waals surface area contributed by atoms with Gasteiger partial charge in [0.05, 0.1) is 10.1 Å². The average Bonchev–Trinajstić information content (AvgIpc) is 2.73. The van der Waals surface area contributed by atoms with E-state index in [1.807, 2.05) is 45.9 Å².